The molecule has 3 N–H and O–H groups in total. The van der Waals surface area contributed by atoms with E-state index in [1.165, 1.54) is 0 Å². The summed E-state index contributed by atoms with van der Waals surface area (Å²) in [6.45, 7) is 6.70. The van der Waals surface area contributed by atoms with Gasteiger partial charge in [0.2, 0.25) is 0 Å². The topological polar surface area (TPSA) is 52.5 Å². The highest BCUT2D eigenvalue weighted by Gasteiger charge is 2.34. The molecule has 0 fully saturated rings. The Morgan fingerprint density at radius 1 is 1.11 bits per heavy atom. The largest absolute Gasteiger partial charge is 0.388 e. The summed E-state index contributed by atoms with van der Waals surface area (Å²) in [5, 5.41) is 17.8. The normalized spacial score (nSPS) is 14.0. The molecule has 0 unspecified atom stereocenters. The lowest BCUT2D eigenvalue weighted by Gasteiger charge is -2.35. The van der Waals surface area contributed by atoms with Crippen molar-refractivity contribution < 1.29 is 10.3 Å². The van der Waals surface area contributed by atoms with Crippen molar-refractivity contribution in [1.82, 2.24) is 5.48 Å². The highest BCUT2D eigenvalue weighted by atomic mass is 16.5. The number of rotatable bonds is 2. The van der Waals surface area contributed by atoms with Gasteiger partial charge in [-0.1, -0.05) is 0 Å². The van der Waals surface area contributed by atoms with Crippen molar-refractivity contribution in [2.75, 3.05) is 0 Å². The Balaban J connectivity index is 4.14. The Morgan fingerprint density at radius 2 is 1.44 bits per heavy atom. The molecule has 0 radical (unpaired) electrons. The Hall–Kier alpha value is -0.120. The van der Waals surface area contributed by atoms with E-state index < -0.39 is 11.1 Å². The number of nitrogens with one attached hydrogen (secondary N) is 1. The molecule has 9 heavy (non-hydrogen) atoms. The monoisotopic (exact) mass is 133 g/mol. The zero-order chi connectivity index (χ0) is 7.71. The molecule has 0 rings (SSSR count). The molecule has 0 saturated carbocycles. The van der Waals surface area contributed by atoms with Crippen LogP contribution in [-0.2, 0) is 0 Å². The Bertz CT molecular complexity index is 93.7. The smallest absolute Gasteiger partial charge is 0.0789 e. The number of aliphatic hydroxyl groups is 1. The third-order valence-corrected chi connectivity index (χ3v) is 1.81. The predicted molar refractivity (Wildman–Crippen MR) is 35.3 cm³/mol. The van der Waals surface area contributed by atoms with Crippen molar-refractivity contribution in [2.45, 2.75) is 38.8 Å². The summed E-state index contributed by atoms with van der Waals surface area (Å²) in [5.74, 6) is 0. The summed E-state index contributed by atoms with van der Waals surface area (Å²) < 4.78 is 0. The van der Waals surface area contributed by atoms with Gasteiger partial charge in [-0.05, 0) is 27.7 Å². The molecule has 0 heterocycles. The van der Waals surface area contributed by atoms with Crippen LogP contribution >= 0.6 is 0 Å². The summed E-state index contributed by atoms with van der Waals surface area (Å²) in [7, 11) is 0. The number of hydroxylamine groups is 1. The molecule has 3 heteroatoms. The second-order valence-corrected chi connectivity index (χ2v) is 3.30. The first-order valence-electron chi connectivity index (χ1n) is 2.95. The first kappa shape index (κ1) is 8.88. The van der Waals surface area contributed by atoms with Crippen molar-refractivity contribution in [1.29, 1.82) is 0 Å². The minimum atomic E-state index is -0.915. The highest BCUT2D eigenvalue weighted by molar-refractivity contribution is 4.90. The number of hydrogen-bond acceptors (Lipinski definition) is 3. The fourth-order valence-electron chi connectivity index (χ4n) is 0.137. The van der Waals surface area contributed by atoms with Gasteiger partial charge < -0.3 is 10.3 Å². The van der Waals surface area contributed by atoms with Crippen molar-refractivity contribution in [3.05, 3.63) is 0 Å². The molecule has 0 spiro atoms. The van der Waals surface area contributed by atoms with Gasteiger partial charge >= 0.3 is 0 Å². The fraction of sp³-hybridized carbons (Fsp3) is 1.00. The molecule has 0 aromatic rings. The zero-order valence-electron chi connectivity index (χ0n) is 6.39. The highest BCUT2D eigenvalue weighted by Crippen LogP contribution is 2.18. The minimum absolute atomic E-state index is 0.660. The summed E-state index contributed by atoms with van der Waals surface area (Å²) in [4.78, 5) is 0. The van der Waals surface area contributed by atoms with Crippen LogP contribution in [0.25, 0.3) is 0 Å². The fourth-order valence-corrected chi connectivity index (χ4v) is 0.137. The Kier molecular flexibility index (Phi) is 2.22. The molecule has 0 aliphatic carbocycles. The quantitative estimate of drug-likeness (QED) is 0.481. The molecule has 0 saturated heterocycles. The van der Waals surface area contributed by atoms with Crippen LogP contribution in [-0.4, -0.2) is 21.5 Å². The van der Waals surface area contributed by atoms with E-state index in [9.17, 15) is 5.11 Å². The summed E-state index contributed by atoms with van der Waals surface area (Å²) in [5.41, 5.74) is 0.457. The second kappa shape index (κ2) is 2.25. The van der Waals surface area contributed by atoms with E-state index in [1.807, 2.05) is 5.48 Å². The molecular weight excluding hydrogens is 118 g/mol. The molecule has 0 aliphatic rings. The summed E-state index contributed by atoms with van der Waals surface area (Å²) in [6.07, 6.45) is 0. The zero-order valence-corrected chi connectivity index (χ0v) is 6.39. The SMILES string of the molecule is CC(C)(O)C(C)(C)NO. The standard InChI is InChI=1S/C6H15NO2/c1-5(2,7-9)6(3,4)8/h7-9H,1-4H3. The van der Waals surface area contributed by atoms with Crippen molar-refractivity contribution in [3.8, 4) is 0 Å². The van der Waals surface area contributed by atoms with Crippen molar-refractivity contribution in [3.63, 3.8) is 0 Å². The van der Waals surface area contributed by atoms with E-state index in [4.69, 9.17) is 5.21 Å². The first-order chi connectivity index (χ1) is 3.81. The van der Waals surface area contributed by atoms with Crippen LogP contribution in [0.2, 0.25) is 0 Å². The molecule has 3 nitrogen and oxygen atoms in total. The van der Waals surface area contributed by atoms with Gasteiger partial charge in [-0.3, -0.25) is 0 Å². The summed E-state index contributed by atoms with van der Waals surface area (Å²) in [6, 6.07) is 0. The van der Waals surface area contributed by atoms with Crippen molar-refractivity contribution in [2.24, 2.45) is 0 Å². The lowest BCUT2D eigenvalue weighted by atomic mass is 9.87. The molecule has 0 aromatic carbocycles. The average molecular weight is 133 g/mol. The van der Waals surface area contributed by atoms with Crippen LogP contribution in [0.5, 0.6) is 0 Å². The number of hydrogen-bond donors (Lipinski definition) is 3. The molecule has 0 amide bonds. The van der Waals surface area contributed by atoms with E-state index in [1.54, 1.807) is 27.7 Å². The van der Waals surface area contributed by atoms with Crippen molar-refractivity contribution >= 4 is 0 Å². The van der Waals surface area contributed by atoms with Gasteiger partial charge in [0, 0.05) is 0 Å². The van der Waals surface area contributed by atoms with Gasteiger partial charge in [-0.2, -0.15) is 5.48 Å². The van der Waals surface area contributed by atoms with Crippen LogP contribution < -0.4 is 5.48 Å². The van der Waals surface area contributed by atoms with Crippen LogP contribution in [0.1, 0.15) is 27.7 Å². The van der Waals surface area contributed by atoms with Crippen LogP contribution in [0, 0.1) is 0 Å². The van der Waals surface area contributed by atoms with E-state index in [0.29, 0.717) is 0 Å². The van der Waals surface area contributed by atoms with E-state index in [-0.39, 0.29) is 0 Å². The lowest BCUT2D eigenvalue weighted by Crippen LogP contribution is -2.54. The molecular formula is C6H15NO2. The Morgan fingerprint density at radius 3 is 1.44 bits per heavy atom. The maximum Gasteiger partial charge on any atom is 0.0789 e. The van der Waals surface area contributed by atoms with Gasteiger partial charge in [0.05, 0.1) is 11.1 Å². The van der Waals surface area contributed by atoms with Gasteiger partial charge in [-0.15, -0.1) is 0 Å². The lowest BCUT2D eigenvalue weighted by molar-refractivity contribution is -0.0642. The maximum atomic E-state index is 9.32. The second-order valence-electron chi connectivity index (χ2n) is 3.30. The Labute approximate surface area is 55.7 Å². The van der Waals surface area contributed by atoms with Crippen LogP contribution in [0.15, 0.2) is 0 Å². The van der Waals surface area contributed by atoms with Gasteiger partial charge in [0.15, 0.2) is 0 Å². The van der Waals surface area contributed by atoms with E-state index >= 15 is 0 Å². The van der Waals surface area contributed by atoms with Crippen LogP contribution in [0.4, 0.5) is 0 Å². The third kappa shape index (κ3) is 1.93. The van der Waals surface area contributed by atoms with Crippen LogP contribution in [0.3, 0.4) is 0 Å². The maximum absolute atomic E-state index is 9.32. The molecule has 0 aromatic heterocycles. The molecule has 0 aliphatic heterocycles. The van der Waals surface area contributed by atoms with E-state index in [0.717, 1.165) is 0 Å². The average Bonchev–Trinajstić information content (AvgIpc) is 1.64. The van der Waals surface area contributed by atoms with Gasteiger partial charge in [0.1, 0.15) is 0 Å². The van der Waals surface area contributed by atoms with E-state index in [2.05, 4.69) is 0 Å². The first-order valence-corrected chi connectivity index (χ1v) is 2.95. The third-order valence-electron chi connectivity index (χ3n) is 1.81. The molecule has 0 bridgehead atoms. The van der Waals surface area contributed by atoms with Gasteiger partial charge in [-0.25, -0.2) is 0 Å². The summed E-state index contributed by atoms with van der Waals surface area (Å²) >= 11 is 0. The molecule has 56 valence electrons. The minimum Gasteiger partial charge on any atom is -0.388 e. The predicted octanol–water partition coefficient (Wildman–Crippen LogP) is 0.515. The van der Waals surface area contributed by atoms with Gasteiger partial charge in [0.25, 0.3) is 0 Å². The molecule has 0 atom stereocenters.